The third-order valence-corrected chi connectivity index (χ3v) is 5.45. The van der Waals surface area contributed by atoms with Gasteiger partial charge >= 0.3 is 5.97 Å². The number of hydrazone groups is 1. The molecule has 3 aromatic carbocycles. The van der Waals surface area contributed by atoms with E-state index >= 15 is 0 Å². The van der Waals surface area contributed by atoms with E-state index in [0.29, 0.717) is 17.3 Å². The molecule has 0 radical (unpaired) electrons. The molecular weight excluding hydrogens is 456 g/mol. The van der Waals surface area contributed by atoms with Gasteiger partial charge in [-0.25, -0.2) is 9.80 Å². The van der Waals surface area contributed by atoms with Crippen molar-refractivity contribution in [2.45, 2.75) is 5.92 Å². The molecule has 0 spiro atoms. The van der Waals surface area contributed by atoms with Gasteiger partial charge in [-0.1, -0.05) is 54.1 Å². The van der Waals surface area contributed by atoms with Crippen molar-refractivity contribution in [3.05, 3.63) is 101 Å². The lowest BCUT2D eigenvalue weighted by Gasteiger charge is -2.15. The molecule has 0 aliphatic carbocycles. The molecule has 3 N–H and O–H groups in total. The molecule has 1 atom stereocenters. The summed E-state index contributed by atoms with van der Waals surface area (Å²) in [4.78, 5) is 27.3. The Balaban J connectivity index is 1.56. The topological polar surface area (TPSA) is 118 Å². The Hall–Kier alpha value is -4.17. The van der Waals surface area contributed by atoms with E-state index in [-0.39, 0.29) is 17.4 Å². The first-order valence-electron chi connectivity index (χ1n) is 10.4. The Morgan fingerprint density at radius 3 is 2.38 bits per heavy atom. The molecule has 4 rings (SSSR count). The number of aliphatic carboxylic acids is 1. The minimum atomic E-state index is -1.09. The highest BCUT2D eigenvalue weighted by Crippen LogP contribution is 2.29. The van der Waals surface area contributed by atoms with E-state index in [0.717, 1.165) is 16.8 Å². The van der Waals surface area contributed by atoms with Crippen molar-refractivity contribution < 1.29 is 19.4 Å². The predicted octanol–water partition coefficient (Wildman–Crippen LogP) is 3.76. The number of aliphatic imine (C=N–C) groups is 1. The van der Waals surface area contributed by atoms with E-state index in [4.69, 9.17) is 27.2 Å². The van der Waals surface area contributed by atoms with Crippen molar-refractivity contribution in [3.8, 4) is 5.75 Å². The van der Waals surface area contributed by atoms with Crippen LogP contribution in [0.15, 0.2) is 89.0 Å². The minimum absolute atomic E-state index is 0.0268. The lowest BCUT2D eigenvalue weighted by atomic mass is 9.91. The van der Waals surface area contributed by atoms with Crippen LogP contribution in [0, 0.1) is 0 Å². The normalized spacial score (nSPS) is 15.7. The zero-order valence-corrected chi connectivity index (χ0v) is 18.7. The van der Waals surface area contributed by atoms with Crippen LogP contribution in [0.5, 0.6) is 5.75 Å². The van der Waals surface area contributed by atoms with Crippen LogP contribution in [0.3, 0.4) is 0 Å². The Bertz CT molecular complexity index is 1240. The second-order valence-electron chi connectivity index (χ2n) is 7.52. The van der Waals surface area contributed by atoms with Crippen LogP contribution in [0.4, 0.5) is 0 Å². The van der Waals surface area contributed by atoms with Gasteiger partial charge in [-0.05, 0) is 47.5 Å². The predicted molar refractivity (Wildman–Crippen MR) is 129 cm³/mol. The molecule has 34 heavy (non-hydrogen) atoms. The molecule has 1 unspecified atom stereocenters. The lowest BCUT2D eigenvalue weighted by molar-refractivity contribution is -0.139. The maximum Gasteiger partial charge on any atom is 0.341 e. The SMILES string of the molecule is NC(=NC(=O)c1ccc(OCC(=O)O)cc1)N1CC(c2ccccc2)C(c2ccc(Cl)cc2)=N1. The van der Waals surface area contributed by atoms with Crippen molar-refractivity contribution >= 4 is 35.1 Å². The summed E-state index contributed by atoms with van der Waals surface area (Å²) in [5.41, 5.74) is 9.22. The summed E-state index contributed by atoms with van der Waals surface area (Å²) in [5, 5.41) is 15.5. The zero-order valence-electron chi connectivity index (χ0n) is 18.0. The average molecular weight is 477 g/mol. The first-order valence-corrected chi connectivity index (χ1v) is 10.8. The third-order valence-electron chi connectivity index (χ3n) is 5.20. The summed E-state index contributed by atoms with van der Waals surface area (Å²) in [7, 11) is 0. The summed E-state index contributed by atoms with van der Waals surface area (Å²) in [6.07, 6.45) is 0. The van der Waals surface area contributed by atoms with E-state index < -0.39 is 18.5 Å². The maximum absolute atomic E-state index is 12.6. The van der Waals surface area contributed by atoms with Gasteiger partial charge in [-0.2, -0.15) is 10.1 Å². The van der Waals surface area contributed by atoms with Gasteiger partial charge < -0.3 is 15.6 Å². The molecule has 1 heterocycles. The monoisotopic (exact) mass is 476 g/mol. The van der Waals surface area contributed by atoms with Crippen LogP contribution in [0.2, 0.25) is 5.02 Å². The van der Waals surface area contributed by atoms with E-state index in [1.165, 1.54) is 29.3 Å². The first kappa shape index (κ1) is 23.0. The fraction of sp³-hybridized carbons (Fsp3) is 0.120. The highest BCUT2D eigenvalue weighted by molar-refractivity contribution is 6.30. The number of carbonyl (C=O) groups excluding carboxylic acids is 1. The standard InChI is InChI=1S/C25H21ClN4O4/c26-19-10-6-17(7-11-19)23-21(16-4-2-1-3-5-16)14-30(29-23)25(27)28-24(33)18-8-12-20(13-9-18)34-15-22(31)32/h1-13,21H,14-15H2,(H,31,32)(H2,27,28,33). The fourth-order valence-corrected chi connectivity index (χ4v) is 3.66. The molecule has 0 saturated heterocycles. The summed E-state index contributed by atoms with van der Waals surface area (Å²) in [6.45, 7) is -0.0452. The van der Waals surface area contributed by atoms with Crippen molar-refractivity contribution in [2.75, 3.05) is 13.2 Å². The number of hydrogen-bond acceptors (Lipinski definition) is 4. The first-order chi connectivity index (χ1) is 16.4. The molecule has 9 heteroatoms. The van der Waals surface area contributed by atoms with Gasteiger partial charge in [0, 0.05) is 16.5 Å². The van der Waals surface area contributed by atoms with Crippen LogP contribution >= 0.6 is 11.6 Å². The maximum atomic E-state index is 12.6. The third kappa shape index (κ3) is 5.41. The molecule has 1 aliphatic rings. The average Bonchev–Trinajstić information content (AvgIpc) is 3.30. The Morgan fingerprint density at radius 1 is 1.06 bits per heavy atom. The number of carboxylic acids is 1. The fourth-order valence-electron chi connectivity index (χ4n) is 3.54. The summed E-state index contributed by atoms with van der Waals surface area (Å²) in [5.74, 6) is -1.40. The lowest BCUT2D eigenvalue weighted by Crippen LogP contribution is -2.33. The molecule has 0 aromatic heterocycles. The van der Waals surface area contributed by atoms with Crippen LogP contribution in [0.25, 0.3) is 0 Å². The Morgan fingerprint density at radius 2 is 1.74 bits per heavy atom. The second kappa shape index (κ2) is 10.2. The number of guanidine groups is 1. The van der Waals surface area contributed by atoms with Gasteiger partial charge in [-0.15, -0.1) is 0 Å². The second-order valence-corrected chi connectivity index (χ2v) is 7.96. The number of nitrogens with two attached hydrogens (primary N) is 1. The minimum Gasteiger partial charge on any atom is -0.482 e. The van der Waals surface area contributed by atoms with E-state index in [2.05, 4.69) is 10.1 Å². The zero-order chi connectivity index (χ0) is 24.1. The smallest absolute Gasteiger partial charge is 0.341 e. The van der Waals surface area contributed by atoms with Crippen molar-refractivity contribution in [3.63, 3.8) is 0 Å². The van der Waals surface area contributed by atoms with Gasteiger partial charge in [0.05, 0.1) is 12.3 Å². The van der Waals surface area contributed by atoms with Gasteiger partial charge in [-0.3, -0.25) is 4.79 Å². The van der Waals surface area contributed by atoms with Crippen molar-refractivity contribution in [2.24, 2.45) is 15.8 Å². The van der Waals surface area contributed by atoms with E-state index in [9.17, 15) is 9.59 Å². The molecule has 172 valence electrons. The van der Waals surface area contributed by atoms with Crippen LogP contribution < -0.4 is 10.5 Å². The largest absolute Gasteiger partial charge is 0.482 e. The van der Waals surface area contributed by atoms with Crippen LogP contribution in [-0.4, -0.2) is 46.8 Å². The molecule has 0 fully saturated rings. The number of hydrogen-bond donors (Lipinski definition) is 2. The number of carboxylic acid groups (broad SMARTS) is 1. The molecule has 3 aromatic rings. The number of benzene rings is 3. The van der Waals surface area contributed by atoms with Gasteiger partial charge in [0.2, 0.25) is 5.96 Å². The van der Waals surface area contributed by atoms with Gasteiger partial charge in [0.1, 0.15) is 5.75 Å². The highest BCUT2D eigenvalue weighted by Gasteiger charge is 2.31. The number of nitrogens with zero attached hydrogens (tertiary/aromatic N) is 3. The quantitative estimate of drug-likeness (QED) is 0.413. The summed E-state index contributed by atoms with van der Waals surface area (Å²) >= 11 is 6.05. The number of amides is 1. The number of carbonyl (C=O) groups is 2. The van der Waals surface area contributed by atoms with Gasteiger partial charge in [0.25, 0.3) is 5.91 Å². The van der Waals surface area contributed by atoms with Crippen LogP contribution in [-0.2, 0) is 4.79 Å². The summed E-state index contributed by atoms with van der Waals surface area (Å²) < 4.78 is 5.07. The van der Waals surface area contributed by atoms with E-state index in [1.807, 2.05) is 42.5 Å². The molecule has 8 nitrogen and oxygen atoms in total. The number of halogens is 1. The molecule has 1 amide bonds. The van der Waals surface area contributed by atoms with E-state index in [1.54, 1.807) is 12.1 Å². The highest BCUT2D eigenvalue weighted by atomic mass is 35.5. The molecule has 1 aliphatic heterocycles. The van der Waals surface area contributed by atoms with Crippen molar-refractivity contribution in [1.82, 2.24) is 5.01 Å². The Labute approximate surface area is 200 Å². The van der Waals surface area contributed by atoms with Gasteiger partial charge in [0.15, 0.2) is 6.61 Å². The molecule has 0 saturated carbocycles. The number of ether oxygens (including phenoxy) is 1. The number of rotatable bonds is 6. The van der Waals surface area contributed by atoms with Crippen LogP contribution in [0.1, 0.15) is 27.4 Å². The molecular formula is C25H21ClN4O4. The Kier molecular flexibility index (Phi) is 6.89. The summed E-state index contributed by atoms with van der Waals surface area (Å²) in [6, 6.07) is 23.3. The van der Waals surface area contributed by atoms with Crippen molar-refractivity contribution in [1.29, 1.82) is 0 Å². The molecule has 0 bridgehead atoms.